The first-order valence-electron chi connectivity index (χ1n) is 6.80. The summed E-state index contributed by atoms with van der Waals surface area (Å²) < 4.78 is 0. The smallest absolute Gasteiger partial charge is 0.270 e. The number of fused-ring (bicyclic) bond motifs is 1. The van der Waals surface area contributed by atoms with Crippen molar-refractivity contribution in [1.82, 2.24) is 15.0 Å². The van der Waals surface area contributed by atoms with Crippen LogP contribution in [0.2, 0.25) is 5.02 Å². The van der Waals surface area contributed by atoms with Crippen LogP contribution in [0.1, 0.15) is 22.3 Å². The molecule has 2 aromatic carbocycles. The Hall–Kier alpha value is -2.54. The van der Waals surface area contributed by atoms with E-state index in [0.29, 0.717) is 26.6 Å². The molecule has 23 heavy (non-hydrogen) atoms. The zero-order chi connectivity index (χ0) is 16.4. The Morgan fingerprint density at radius 1 is 1.13 bits per heavy atom. The highest BCUT2D eigenvalue weighted by Crippen LogP contribution is 2.18. The Bertz CT molecular complexity index is 854. The van der Waals surface area contributed by atoms with E-state index >= 15 is 0 Å². The number of aliphatic hydroxyl groups is 1. The van der Waals surface area contributed by atoms with Gasteiger partial charge >= 0.3 is 0 Å². The molecule has 7 heteroatoms. The van der Waals surface area contributed by atoms with Gasteiger partial charge in [0.2, 0.25) is 0 Å². The fourth-order valence-electron chi connectivity index (χ4n) is 2.09. The summed E-state index contributed by atoms with van der Waals surface area (Å²) in [7, 11) is 0. The lowest BCUT2D eigenvalue weighted by molar-refractivity contribution is 0.00350. The first-order valence-corrected chi connectivity index (χ1v) is 7.17. The molecule has 0 saturated carbocycles. The van der Waals surface area contributed by atoms with Gasteiger partial charge in [0.05, 0.1) is 17.2 Å². The maximum Gasteiger partial charge on any atom is 0.270 e. The van der Waals surface area contributed by atoms with Crippen LogP contribution in [0.3, 0.4) is 0 Å². The van der Waals surface area contributed by atoms with Crippen molar-refractivity contribution in [3.05, 3.63) is 71.0 Å². The van der Waals surface area contributed by atoms with Crippen molar-refractivity contribution in [3.8, 4) is 0 Å². The number of aliphatic hydroxyl groups excluding tert-OH is 1. The molecule has 3 aromatic rings. The predicted molar refractivity (Wildman–Crippen MR) is 86.3 cm³/mol. The lowest BCUT2D eigenvalue weighted by Crippen LogP contribution is -2.41. The van der Waals surface area contributed by atoms with Crippen LogP contribution in [0.4, 0.5) is 0 Å². The number of hydrogen-bond donors (Lipinski definition) is 2. The second-order valence-electron chi connectivity index (χ2n) is 4.88. The molecule has 1 atom stereocenters. The van der Waals surface area contributed by atoms with E-state index < -0.39 is 12.1 Å². The third kappa shape index (κ3) is 3.14. The van der Waals surface area contributed by atoms with Gasteiger partial charge in [-0.2, -0.15) is 0 Å². The minimum Gasteiger partial charge on any atom is -0.367 e. The van der Waals surface area contributed by atoms with Crippen molar-refractivity contribution in [3.63, 3.8) is 0 Å². The Kier molecular flexibility index (Phi) is 4.20. The summed E-state index contributed by atoms with van der Waals surface area (Å²) in [5.74, 6) is 5.19. The van der Waals surface area contributed by atoms with Crippen molar-refractivity contribution in [1.29, 1.82) is 0 Å². The van der Waals surface area contributed by atoms with E-state index in [2.05, 4.69) is 9.97 Å². The van der Waals surface area contributed by atoms with Gasteiger partial charge in [0.25, 0.3) is 5.91 Å². The van der Waals surface area contributed by atoms with Gasteiger partial charge in [0, 0.05) is 10.6 Å². The molecule has 1 heterocycles. The Morgan fingerprint density at radius 3 is 2.48 bits per heavy atom. The molecule has 116 valence electrons. The number of hydrogen-bond acceptors (Lipinski definition) is 5. The Morgan fingerprint density at radius 2 is 1.78 bits per heavy atom. The third-order valence-electron chi connectivity index (χ3n) is 3.32. The molecule has 0 aliphatic rings. The number of rotatable bonds is 3. The normalized spacial score (nSPS) is 12.1. The molecule has 0 radical (unpaired) electrons. The zero-order valence-corrected chi connectivity index (χ0v) is 12.7. The van der Waals surface area contributed by atoms with E-state index in [4.69, 9.17) is 17.4 Å². The highest BCUT2D eigenvalue weighted by molar-refractivity contribution is 6.30. The number of nitrogens with zero attached hydrogens (tertiary/aromatic N) is 3. The third-order valence-corrected chi connectivity index (χ3v) is 3.57. The van der Waals surface area contributed by atoms with E-state index in [1.165, 1.54) is 18.3 Å². The van der Waals surface area contributed by atoms with Gasteiger partial charge in [-0.05, 0) is 36.4 Å². The number of nitrogens with two attached hydrogens (primary N) is 1. The largest absolute Gasteiger partial charge is 0.367 e. The summed E-state index contributed by atoms with van der Waals surface area (Å²) in [6.45, 7) is 0. The number of amides is 1. The Balaban J connectivity index is 1.86. The first kappa shape index (κ1) is 15.4. The summed E-state index contributed by atoms with van der Waals surface area (Å²) in [5.41, 5.74) is 1.80. The summed E-state index contributed by atoms with van der Waals surface area (Å²) in [6, 6.07) is 13.4. The molecule has 0 saturated heterocycles. The van der Waals surface area contributed by atoms with Crippen LogP contribution >= 0.6 is 11.6 Å². The van der Waals surface area contributed by atoms with Crippen molar-refractivity contribution < 1.29 is 9.90 Å². The highest BCUT2D eigenvalue weighted by Gasteiger charge is 2.23. The molecule has 1 aromatic heterocycles. The van der Waals surface area contributed by atoms with Gasteiger partial charge in [0.1, 0.15) is 5.69 Å². The SMILES string of the molecule is NN(C(=O)c1ccc(Cl)cc1)C(O)c1cnc2ccccc2n1. The summed E-state index contributed by atoms with van der Waals surface area (Å²) in [5, 5.41) is 11.5. The average Bonchev–Trinajstić information content (AvgIpc) is 2.60. The monoisotopic (exact) mass is 328 g/mol. The van der Waals surface area contributed by atoms with Gasteiger partial charge in [0.15, 0.2) is 6.23 Å². The van der Waals surface area contributed by atoms with Crippen LogP contribution in [0.25, 0.3) is 11.0 Å². The summed E-state index contributed by atoms with van der Waals surface area (Å²) in [4.78, 5) is 20.8. The number of benzene rings is 2. The molecule has 3 N–H and O–H groups in total. The molecular formula is C16H13ClN4O2. The fourth-order valence-corrected chi connectivity index (χ4v) is 2.22. The van der Waals surface area contributed by atoms with Gasteiger partial charge in [-0.15, -0.1) is 0 Å². The van der Waals surface area contributed by atoms with Crippen LogP contribution < -0.4 is 5.84 Å². The van der Waals surface area contributed by atoms with Crippen molar-refractivity contribution >= 4 is 28.5 Å². The standard InChI is InChI=1S/C16H13ClN4O2/c17-11-7-5-10(6-8-11)15(22)21(18)16(23)14-9-19-12-3-1-2-4-13(12)20-14/h1-9,16,23H,18H2. The van der Waals surface area contributed by atoms with Gasteiger partial charge in [-0.3, -0.25) is 9.78 Å². The predicted octanol–water partition coefficient (Wildman–Crippen LogP) is 2.29. The first-order chi connectivity index (χ1) is 11.1. The minimum atomic E-state index is -1.41. The maximum absolute atomic E-state index is 12.3. The van der Waals surface area contributed by atoms with Crippen molar-refractivity contribution in [2.24, 2.45) is 5.84 Å². The molecule has 0 fully saturated rings. The van der Waals surface area contributed by atoms with Crippen LogP contribution in [0.5, 0.6) is 0 Å². The van der Waals surface area contributed by atoms with Crippen molar-refractivity contribution in [2.45, 2.75) is 6.23 Å². The van der Waals surface area contributed by atoms with Gasteiger partial charge in [-0.25, -0.2) is 15.8 Å². The van der Waals surface area contributed by atoms with E-state index in [1.807, 2.05) is 12.1 Å². The van der Waals surface area contributed by atoms with E-state index in [-0.39, 0.29) is 5.69 Å². The van der Waals surface area contributed by atoms with E-state index in [1.54, 1.807) is 24.3 Å². The summed E-state index contributed by atoms with van der Waals surface area (Å²) >= 11 is 5.79. The second-order valence-corrected chi connectivity index (χ2v) is 5.31. The lowest BCUT2D eigenvalue weighted by atomic mass is 10.2. The van der Waals surface area contributed by atoms with Crippen LogP contribution in [0, 0.1) is 0 Å². The van der Waals surface area contributed by atoms with Crippen molar-refractivity contribution in [2.75, 3.05) is 0 Å². The fraction of sp³-hybridized carbons (Fsp3) is 0.0625. The van der Waals surface area contributed by atoms with Gasteiger partial charge < -0.3 is 5.11 Å². The molecule has 1 unspecified atom stereocenters. The number of carbonyl (C=O) groups is 1. The quantitative estimate of drug-likeness (QED) is 0.333. The van der Waals surface area contributed by atoms with Crippen LogP contribution in [0.15, 0.2) is 54.7 Å². The van der Waals surface area contributed by atoms with E-state index in [9.17, 15) is 9.90 Å². The number of hydrazine groups is 1. The molecule has 0 spiro atoms. The minimum absolute atomic E-state index is 0.188. The zero-order valence-electron chi connectivity index (χ0n) is 11.9. The highest BCUT2D eigenvalue weighted by atomic mass is 35.5. The van der Waals surface area contributed by atoms with Gasteiger partial charge in [-0.1, -0.05) is 23.7 Å². The van der Waals surface area contributed by atoms with Crippen LogP contribution in [-0.2, 0) is 0 Å². The number of halogens is 1. The van der Waals surface area contributed by atoms with E-state index in [0.717, 1.165) is 0 Å². The topological polar surface area (TPSA) is 92.3 Å². The number of carbonyl (C=O) groups excluding carboxylic acids is 1. The molecule has 1 amide bonds. The number of para-hydroxylation sites is 2. The molecule has 0 bridgehead atoms. The molecule has 3 rings (SSSR count). The number of aromatic nitrogens is 2. The molecule has 0 aliphatic heterocycles. The Labute approximate surface area is 137 Å². The molecular weight excluding hydrogens is 316 g/mol. The molecule has 0 aliphatic carbocycles. The van der Waals surface area contributed by atoms with Crippen LogP contribution in [-0.4, -0.2) is 26.0 Å². The maximum atomic E-state index is 12.3. The lowest BCUT2D eigenvalue weighted by Gasteiger charge is -2.22. The molecule has 6 nitrogen and oxygen atoms in total. The second kappa shape index (κ2) is 6.29. The summed E-state index contributed by atoms with van der Waals surface area (Å²) in [6.07, 6.45) is -0.0163. The average molecular weight is 329 g/mol.